The molecule has 19 heavy (non-hydrogen) atoms. The van der Waals surface area contributed by atoms with Crippen LogP contribution in [0, 0.1) is 0 Å². The molecular weight excluding hydrogens is 313 g/mol. The summed E-state index contributed by atoms with van der Waals surface area (Å²) in [7, 11) is 0. The van der Waals surface area contributed by atoms with E-state index in [9.17, 15) is 39.0 Å². The minimum Gasteiger partial charge on any atom is -0.542 e. The molecule has 0 aromatic carbocycles. The van der Waals surface area contributed by atoms with Crippen molar-refractivity contribution in [3.63, 3.8) is 0 Å². The maximum absolute atomic E-state index is 10.1. The van der Waals surface area contributed by atoms with Crippen molar-refractivity contribution in [2.45, 2.75) is 26.7 Å². The van der Waals surface area contributed by atoms with Gasteiger partial charge in [-0.2, -0.15) is 0 Å². The minimum atomic E-state index is -1.80. The van der Waals surface area contributed by atoms with Crippen LogP contribution in [0.2, 0.25) is 0 Å². The SMILES string of the molecule is CC(=O)CC(=O)C(=O)[O-].CC(=O)CC(=O)C(=O)[O-].[Zn+2]. The maximum atomic E-state index is 10.1. The molecule has 100 valence electrons. The number of Topliss-reactive ketones (excluding diaryl/α,β-unsaturated/α-hetero) is 4. The van der Waals surface area contributed by atoms with Crippen LogP contribution in [0.5, 0.6) is 0 Å². The van der Waals surface area contributed by atoms with Crippen molar-refractivity contribution in [3.8, 4) is 0 Å². The van der Waals surface area contributed by atoms with Crippen molar-refractivity contribution >= 4 is 35.1 Å². The fourth-order valence-electron chi connectivity index (χ4n) is 0.597. The van der Waals surface area contributed by atoms with E-state index in [-0.39, 0.29) is 19.5 Å². The Morgan fingerprint density at radius 1 is 0.684 bits per heavy atom. The summed E-state index contributed by atoms with van der Waals surface area (Å²) in [5.74, 6) is -6.87. The molecule has 0 saturated carbocycles. The number of carboxylic acids is 2. The zero-order valence-electron chi connectivity index (χ0n) is 10.4. The molecule has 0 aromatic heterocycles. The summed E-state index contributed by atoms with van der Waals surface area (Å²) in [6.07, 6.45) is -1.13. The van der Waals surface area contributed by atoms with Gasteiger partial charge in [-0.3, -0.25) is 19.2 Å². The molecule has 0 amide bonds. The van der Waals surface area contributed by atoms with Gasteiger partial charge in [0.05, 0.1) is 12.8 Å². The second kappa shape index (κ2) is 11.3. The van der Waals surface area contributed by atoms with Crippen LogP contribution in [-0.4, -0.2) is 35.1 Å². The first-order valence-corrected chi connectivity index (χ1v) is 4.55. The molecule has 9 heteroatoms. The molecule has 0 bridgehead atoms. The molecule has 0 aromatic rings. The number of carboxylic acid groups (broad SMARTS) is 2. The van der Waals surface area contributed by atoms with Crippen molar-refractivity contribution in [1.82, 2.24) is 0 Å². The Hall–Kier alpha value is -1.76. The molecule has 0 atom stereocenters. The second-order valence-electron chi connectivity index (χ2n) is 3.18. The standard InChI is InChI=1S/2C5H6O4.Zn/c2*1-3(6)2-4(7)5(8)9;/h2*2H2,1H3,(H,8,9);/q;;+2/p-2. The minimum absolute atomic E-state index is 0. The van der Waals surface area contributed by atoms with E-state index in [1.807, 2.05) is 0 Å². The average Bonchev–Trinajstić information content (AvgIpc) is 2.16. The molecule has 0 heterocycles. The predicted molar refractivity (Wildman–Crippen MR) is 50.6 cm³/mol. The van der Waals surface area contributed by atoms with E-state index in [1.165, 1.54) is 0 Å². The van der Waals surface area contributed by atoms with Crippen molar-refractivity contribution in [2.24, 2.45) is 0 Å². The van der Waals surface area contributed by atoms with Gasteiger partial charge in [0, 0.05) is 0 Å². The molecule has 0 saturated heterocycles. The number of ketones is 4. The fraction of sp³-hybridized carbons (Fsp3) is 0.400. The van der Waals surface area contributed by atoms with Gasteiger partial charge in [0.2, 0.25) is 0 Å². The largest absolute Gasteiger partial charge is 2.00 e. The molecular formula is C10H10O8Zn. The number of hydrogen-bond acceptors (Lipinski definition) is 8. The van der Waals surface area contributed by atoms with Crippen molar-refractivity contribution in [3.05, 3.63) is 0 Å². The van der Waals surface area contributed by atoms with Crippen LogP contribution < -0.4 is 10.2 Å². The maximum Gasteiger partial charge on any atom is 2.00 e. The van der Waals surface area contributed by atoms with Gasteiger partial charge in [-0.1, -0.05) is 0 Å². The number of carbonyl (C=O) groups is 6. The molecule has 0 N–H and O–H groups in total. The van der Waals surface area contributed by atoms with E-state index < -0.39 is 47.9 Å². The van der Waals surface area contributed by atoms with Crippen LogP contribution in [0.4, 0.5) is 0 Å². The molecule has 0 aliphatic rings. The predicted octanol–water partition coefficient (Wildman–Crippen LogP) is -3.43. The summed E-state index contributed by atoms with van der Waals surface area (Å²) in [5, 5.41) is 19.2. The number of rotatable bonds is 6. The van der Waals surface area contributed by atoms with Crippen LogP contribution >= 0.6 is 0 Å². The molecule has 0 fully saturated rings. The van der Waals surface area contributed by atoms with Crippen molar-refractivity contribution < 1.29 is 58.5 Å². The van der Waals surface area contributed by atoms with Crippen molar-refractivity contribution in [1.29, 1.82) is 0 Å². The first kappa shape index (κ1) is 22.4. The Morgan fingerprint density at radius 2 is 0.895 bits per heavy atom. The molecule has 0 aliphatic heterocycles. The quantitative estimate of drug-likeness (QED) is 0.278. The first-order valence-electron chi connectivity index (χ1n) is 4.55. The third-order valence-electron chi connectivity index (χ3n) is 1.27. The van der Waals surface area contributed by atoms with Crippen LogP contribution in [0.1, 0.15) is 26.7 Å². The van der Waals surface area contributed by atoms with E-state index in [1.54, 1.807) is 0 Å². The Morgan fingerprint density at radius 3 is 0.947 bits per heavy atom. The van der Waals surface area contributed by atoms with E-state index >= 15 is 0 Å². The molecule has 0 radical (unpaired) electrons. The zero-order chi connectivity index (χ0) is 14.9. The Bertz CT molecular complexity index is 360. The molecule has 0 spiro atoms. The zero-order valence-corrected chi connectivity index (χ0v) is 13.4. The first-order chi connectivity index (χ1) is 8.07. The summed E-state index contributed by atoms with van der Waals surface area (Å²) in [6.45, 7) is 2.28. The number of hydrogen-bond donors (Lipinski definition) is 0. The summed E-state index contributed by atoms with van der Waals surface area (Å²) < 4.78 is 0. The van der Waals surface area contributed by atoms with E-state index in [0.29, 0.717) is 0 Å². The summed E-state index contributed by atoms with van der Waals surface area (Å²) in [6, 6.07) is 0. The van der Waals surface area contributed by atoms with E-state index in [0.717, 1.165) is 13.8 Å². The van der Waals surface area contributed by atoms with Crippen molar-refractivity contribution in [2.75, 3.05) is 0 Å². The van der Waals surface area contributed by atoms with Crippen LogP contribution in [-0.2, 0) is 48.2 Å². The smallest absolute Gasteiger partial charge is 0.542 e. The van der Waals surface area contributed by atoms with Gasteiger partial charge in [-0.05, 0) is 13.8 Å². The number of aliphatic carboxylic acids is 2. The van der Waals surface area contributed by atoms with E-state index in [4.69, 9.17) is 0 Å². The van der Waals surface area contributed by atoms with Crippen LogP contribution in [0.25, 0.3) is 0 Å². The van der Waals surface area contributed by atoms with Gasteiger partial charge in [0.25, 0.3) is 0 Å². The van der Waals surface area contributed by atoms with Gasteiger partial charge < -0.3 is 19.8 Å². The van der Waals surface area contributed by atoms with Crippen LogP contribution in [0.15, 0.2) is 0 Å². The molecule has 0 rings (SSSR count). The average molecular weight is 324 g/mol. The van der Waals surface area contributed by atoms with Gasteiger partial charge in [0.1, 0.15) is 23.5 Å². The molecule has 0 unspecified atom stereocenters. The summed E-state index contributed by atoms with van der Waals surface area (Å²) in [4.78, 5) is 59.5. The summed E-state index contributed by atoms with van der Waals surface area (Å²) >= 11 is 0. The Labute approximate surface area is 120 Å². The topological polar surface area (TPSA) is 149 Å². The van der Waals surface area contributed by atoms with Gasteiger partial charge >= 0.3 is 19.5 Å². The number of carbonyl (C=O) groups excluding carboxylic acids is 6. The van der Waals surface area contributed by atoms with Crippen LogP contribution in [0.3, 0.4) is 0 Å². The Balaban J connectivity index is -0.000000256. The van der Waals surface area contributed by atoms with E-state index in [2.05, 4.69) is 0 Å². The van der Waals surface area contributed by atoms with Gasteiger partial charge in [-0.25, -0.2) is 0 Å². The van der Waals surface area contributed by atoms with Gasteiger partial charge in [-0.15, -0.1) is 0 Å². The fourth-order valence-corrected chi connectivity index (χ4v) is 0.597. The molecule has 8 nitrogen and oxygen atoms in total. The van der Waals surface area contributed by atoms with Gasteiger partial charge in [0.15, 0.2) is 11.6 Å². The monoisotopic (exact) mass is 322 g/mol. The third-order valence-corrected chi connectivity index (χ3v) is 1.27. The normalized spacial score (nSPS) is 8.11. The third kappa shape index (κ3) is 16.2. The Kier molecular flexibility index (Phi) is 13.4. The second-order valence-corrected chi connectivity index (χ2v) is 3.18. The summed E-state index contributed by atoms with van der Waals surface area (Å²) in [5.41, 5.74) is 0. The molecule has 0 aliphatic carbocycles.